The van der Waals surface area contributed by atoms with Gasteiger partial charge in [-0.25, -0.2) is 0 Å². The van der Waals surface area contributed by atoms with Gasteiger partial charge < -0.3 is 19.3 Å². The van der Waals surface area contributed by atoms with Gasteiger partial charge in [0.1, 0.15) is 25.8 Å². The molecule has 0 fully saturated rings. The molecule has 0 aromatic heterocycles. The Bertz CT molecular complexity index is 701. The van der Waals surface area contributed by atoms with Crippen molar-refractivity contribution in [2.75, 3.05) is 46.1 Å². The van der Waals surface area contributed by atoms with E-state index in [0.717, 1.165) is 69.7 Å². The van der Waals surface area contributed by atoms with Crippen LogP contribution in [0, 0.1) is 0 Å². The van der Waals surface area contributed by atoms with Gasteiger partial charge in [0.05, 0.1) is 0 Å². The van der Waals surface area contributed by atoms with E-state index in [2.05, 4.69) is 20.8 Å². The summed E-state index contributed by atoms with van der Waals surface area (Å²) in [5.41, 5.74) is 0. The van der Waals surface area contributed by atoms with E-state index in [0.29, 0.717) is 5.75 Å². The van der Waals surface area contributed by atoms with Crippen LogP contribution in [0.15, 0.2) is 12.2 Å². The van der Waals surface area contributed by atoms with Crippen LogP contribution in [0.2, 0.25) is 0 Å². The monoisotopic (exact) mass is 612 g/mol. The molecule has 0 bridgehead atoms. The summed E-state index contributed by atoms with van der Waals surface area (Å²) >= 11 is 1.12. The second kappa shape index (κ2) is 29.5. The van der Waals surface area contributed by atoms with Crippen LogP contribution in [-0.4, -0.2) is 79.2 Å². The maximum absolute atomic E-state index is 13.1. The molecule has 42 heavy (non-hydrogen) atoms. The normalized spacial score (nSPS) is 12.1. The van der Waals surface area contributed by atoms with Crippen molar-refractivity contribution in [3.63, 3.8) is 0 Å². The van der Waals surface area contributed by atoms with Crippen molar-refractivity contribution in [3.05, 3.63) is 12.2 Å². The van der Waals surface area contributed by atoms with E-state index in [1.807, 2.05) is 31.1 Å². The molecule has 1 atom stereocenters. The molecule has 1 amide bonds. The highest BCUT2D eigenvalue weighted by molar-refractivity contribution is 8.13. The number of esters is 2. The van der Waals surface area contributed by atoms with Gasteiger partial charge in [-0.15, -0.1) is 0 Å². The summed E-state index contributed by atoms with van der Waals surface area (Å²) in [4.78, 5) is 41.9. The molecule has 0 aliphatic carbocycles. The Hall–Kier alpha value is -1.54. The van der Waals surface area contributed by atoms with Crippen LogP contribution < -0.4 is 0 Å². The van der Waals surface area contributed by atoms with E-state index < -0.39 is 11.9 Å². The molecule has 0 aliphatic heterocycles. The Balaban J connectivity index is 5.01. The molecule has 0 saturated carbocycles. The summed E-state index contributed by atoms with van der Waals surface area (Å²) in [6, 6.07) is 0. The lowest BCUT2D eigenvalue weighted by Gasteiger charge is -2.23. The number of ether oxygens (including phenoxy) is 2. The topological polar surface area (TPSA) is 76.1 Å². The van der Waals surface area contributed by atoms with Crippen molar-refractivity contribution in [3.8, 4) is 0 Å². The number of hydrogen-bond acceptors (Lipinski definition) is 7. The molecule has 1 unspecified atom stereocenters. The fourth-order valence-electron chi connectivity index (χ4n) is 4.58. The smallest absolute Gasteiger partial charge is 0.326 e. The van der Waals surface area contributed by atoms with Crippen LogP contribution in [0.5, 0.6) is 0 Å². The molecule has 8 heteroatoms. The Morgan fingerprint density at radius 2 is 1.21 bits per heavy atom. The first kappa shape index (κ1) is 40.5. The molecule has 0 radical (unpaired) electrons. The predicted octanol–water partition coefficient (Wildman–Crippen LogP) is 8.80. The van der Waals surface area contributed by atoms with Gasteiger partial charge in [0, 0.05) is 12.3 Å². The van der Waals surface area contributed by atoms with Crippen LogP contribution in [0.1, 0.15) is 136 Å². The minimum Gasteiger partial charge on any atom is -0.461 e. The number of rotatable bonds is 28. The lowest BCUT2D eigenvalue weighted by atomic mass is 10.0. The van der Waals surface area contributed by atoms with Crippen molar-refractivity contribution in [1.82, 2.24) is 9.80 Å². The fraction of sp³-hybridized carbons (Fsp3) is 0.853. The summed E-state index contributed by atoms with van der Waals surface area (Å²) in [5.74, 6) is -0.383. The Morgan fingerprint density at radius 3 is 1.79 bits per heavy atom. The summed E-state index contributed by atoms with van der Waals surface area (Å²) in [7, 11) is 3.89. The van der Waals surface area contributed by atoms with Gasteiger partial charge in [0.25, 0.3) is 5.24 Å². The van der Waals surface area contributed by atoms with E-state index in [-0.39, 0.29) is 31.0 Å². The lowest BCUT2D eigenvalue weighted by molar-refractivity contribution is -0.151. The van der Waals surface area contributed by atoms with Crippen LogP contribution in [0.4, 0.5) is 4.79 Å². The first-order chi connectivity index (χ1) is 20.3. The number of amides is 1. The van der Waals surface area contributed by atoms with Crippen LogP contribution in [-0.2, 0) is 19.1 Å². The summed E-state index contributed by atoms with van der Waals surface area (Å²) in [6.45, 7) is 7.01. The third-order valence-corrected chi connectivity index (χ3v) is 8.09. The molecule has 0 spiro atoms. The van der Waals surface area contributed by atoms with Crippen molar-refractivity contribution in [1.29, 1.82) is 0 Å². The van der Waals surface area contributed by atoms with Gasteiger partial charge in [-0.05, 0) is 52.6 Å². The molecule has 7 nitrogen and oxygen atoms in total. The van der Waals surface area contributed by atoms with Crippen molar-refractivity contribution < 1.29 is 23.9 Å². The third-order valence-electron chi connectivity index (χ3n) is 7.20. The number of nitrogens with zero attached hydrogens (tertiary/aromatic N) is 2. The Kier molecular flexibility index (Phi) is 28.4. The van der Waals surface area contributed by atoms with Gasteiger partial charge in [-0.1, -0.05) is 122 Å². The Labute approximate surface area is 262 Å². The lowest BCUT2D eigenvalue weighted by Crippen LogP contribution is -2.39. The maximum atomic E-state index is 13.1. The summed E-state index contributed by atoms with van der Waals surface area (Å²) in [5, 5.41) is -0.302. The number of allylic oxidation sites excluding steroid dienone is 1. The number of carbonyl (C=O) groups is 3. The predicted molar refractivity (Wildman–Crippen MR) is 178 cm³/mol. The average molecular weight is 613 g/mol. The van der Waals surface area contributed by atoms with Gasteiger partial charge in [0.15, 0.2) is 0 Å². The van der Waals surface area contributed by atoms with Crippen LogP contribution in [0.25, 0.3) is 0 Å². The average Bonchev–Trinajstić information content (AvgIpc) is 2.95. The van der Waals surface area contributed by atoms with Crippen molar-refractivity contribution in [2.24, 2.45) is 0 Å². The minimum absolute atomic E-state index is 0.141. The van der Waals surface area contributed by atoms with E-state index in [1.165, 1.54) is 69.1 Å². The Morgan fingerprint density at radius 1 is 0.690 bits per heavy atom. The van der Waals surface area contributed by atoms with Gasteiger partial charge in [0.2, 0.25) is 0 Å². The highest BCUT2D eigenvalue weighted by Crippen LogP contribution is 2.18. The summed E-state index contributed by atoms with van der Waals surface area (Å²) in [6.07, 6.45) is 24.2. The van der Waals surface area contributed by atoms with E-state index in [1.54, 1.807) is 0 Å². The molecular weight excluding hydrogens is 548 g/mol. The number of thioether (sulfide) groups is 1. The van der Waals surface area contributed by atoms with Crippen molar-refractivity contribution >= 4 is 28.9 Å². The molecule has 0 aromatic rings. The SMILES string of the molecule is CCCCCC/C=C\COC(=O)CN(CC(=O)OC(CCCCCCC)CCCCCCCC)C(=O)SCCN(C)C. The first-order valence-electron chi connectivity index (χ1n) is 16.9. The molecule has 0 N–H and O–H groups in total. The van der Waals surface area contributed by atoms with Gasteiger partial charge in [-0.3, -0.25) is 14.4 Å². The fourth-order valence-corrected chi connectivity index (χ4v) is 5.52. The minimum atomic E-state index is -0.514. The maximum Gasteiger partial charge on any atom is 0.326 e. The second-order valence-corrected chi connectivity index (χ2v) is 12.7. The van der Waals surface area contributed by atoms with Crippen LogP contribution >= 0.6 is 11.8 Å². The standard InChI is InChI=1S/C34H64N2O5S/c1-6-9-12-15-17-20-23-27-40-32(37)29-36(34(39)42-28-26-35(4)5)30-33(38)41-31(24-21-18-14-11-8-3)25-22-19-16-13-10-7-2/h20,23,31H,6-19,21-22,24-30H2,1-5H3/b23-20-. The highest BCUT2D eigenvalue weighted by Gasteiger charge is 2.24. The van der Waals surface area contributed by atoms with E-state index in [4.69, 9.17) is 9.47 Å². The van der Waals surface area contributed by atoms with Gasteiger partial charge >= 0.3 is 11.9 Å². The molecule has 0 heterocycles. The number of carbonyl (C=O) groups excluding carboxylic acids is 3. The largest absolute Gasteiger partial charge is 0.461 e. The second-order valence-electron chi connectivity index (χ2n) is 11.6. The molecule has 0 rings (SSSR count). The molecular formula is C34H64N2O5S. The van der Waals surface area contributed by atoms with Crippen LogP contribution in [0.3, 0.4) is 0 Å². The van der Waals surface area contributed by atoms with E-state index in [9.17, 15) is 14.4 Å². The quantitative estimate of drug-likeness (QED) is 0.0496. The number of unbranched alkanes of at least 4 members (excludes halogenated alkanes) is 13. The summed E-state index contributed by atoms with van der Waals surface area (Å²) < 4.78 is 11.3. The molecule has 0 saturated heterocycles. The first-order valence-corrected chi connectivity index (χ1v) is 17.9. The zero-order chi connectivity index (χ0) is 31.3. The number of hydrogen-bond donors (Lipinski definition) is 0. The highest BCUT2D eigenvalue weighted by atomic mass is 32.2. The molecule has 0 aliphatic rings. The van der Waals surface area contributed by atoms with Gasteiger partial charge in [-0.2, -0.15) is 0 Å². The zero-order valence-corrected chi connectivity index (χ0v) is 28.7. The third kappa shape index (κ3) is 26.1. The van der Waals surface area contributed by atoms with Crippen molar-refractivity contribution in [2.45, 2.75) is 142 Å². The van der Waals surface area contributed by atoms with E-state index >= 15 is 0 Å². The zero-order valence-electron chi connectivity index (χ0n) is 27.8. The molecule has 0 aromatic carbocycles. The molecule has 246 valence electrons.